The van der Waals surface area contributed by atoms with Crippen LogP contribution < -0.4 is 9.64 Å². The molecule has 1 aliphatic rings. The molecule has 1 fully saturated rings. The second kappa shape index (κ2) is 7.34. The molecule has 3 nitrogen and oxygen atoms in total. The van der Waals surface area contributed by atoms with E-state index in [9.17, 15) is 4.39 Å². The van der Waals surface area contributed by atoms with Crippen molar-refractivity contribution in [1.29, 1.82) is 0 Å². The first-order valence-corrected chi connectivity index (χ1v) is 6.64. The van der Waals surface area contributed by atoms with E-state index in [1.165, 1.54) is 38.1 Å². The maximum absolute atomic E-state index is 12.6. The van der Waals surface area contributed by atoms with E-state index < -0.39 is 0 Å². The number of nitrogens with one attached hydrogen (secondary N) is 1. The van der Waals surface area contributed by atoms with Gasteiger partial charge < -0.3 is 14.4 Å². The van der Waals surface area contributed by atoms with Crippen LogP contribution in [0.5, 0.6) is 5.75 Å². The lowest BCUT2D eigenvalue weighted by Gasteiger charge is -2.12. The zero-order valence-electron chi connectivity index (χ0n) is 10.7. The summed E-state index contributed by atoms with van der Waals surface area (Å²) >= 11 is 0. The SMILES string of the molecule is Fc1ccc(OCCOCC[NH+]2CCCC2)cc1. The molecule has 18 heavy (non-hydrogen) atoms. The Labute approximate surface area is 107 Å². The van der Waals surface area contributed by atoms with Crippen LogP contribution in [-0.4, -0.2) is 39.5 Å². The van der Waals surface area contributed by atoms with Gasteiger partial charge in [0.1, 0.15) is 24.7 Å². The second-order valence-corrected chi connectivity index (χ2v) is 4.62. The van der Waals surface area contributed by atoms with Gasteiger partial charge in [-0.05, 0) is 24.3 Å². The predicted molar refractivity (Wildman–Crippen MR) is 67.5 cm³/mol. The van der Waals surface area contributed by atoms with E-state index in [1.54, 1.807) is 17.0 Å². The number of hydrogen-bond donors (Lipinski definition) is 1. The molecule has 1 saturated heterocycles. The van der Waals surface area contributed by atoms with Crippen molar-refractivity contribution in [3.05, 3.63) is 30.1 Å². The molecule has 0 unspecified atom stereocenters. The van der Waals surface area contributed by atoms with Crippen LogP contribution in [0.1, 0.15) is 12.8 Å². The van der Waals surface area contributed by atoms with E-state index in [0.717, 1.165) is 13.2 Å². The molecule has 4 heteroatoms. The van der Waals surface area contributed by atoms with E-state index in [4.69, 9.17) is 9.47 Å². The summed E-state index contributed by atoms with van der Waals surface area (Å²) in [5.74, 6) is 0.442. The van der Waals surface area contributed by atoms with E-state index >= 15 is 0 Å². The van der Waals surface area contributed by atoms with Crippen LogP contribution in [0, 0.1) is 5.82 Å². The van der Waals surface area contributed by atoms with Crippen LogP contribution in [0.15, 0.2) is 24.3 Å². The first-order valence-electron chi connectivity index (χ1n) is 6.64. The van der Waals surface area contributed by atoms with Crippen molar-refractivity contribution in [2.45, 2.75) is 12.8 Å². The Morgan fingerprint density at radius 1 is 1.00 bits per heavy atom. The molecule has 1 aliphatic heterocycles. The Bertz CT molecular complexity index is 336. The number of benzene rings is 1. The monoisotopic (exact) mass is 254 g/mol. The van der Waals surface area contributed by atoms with Crippen LogP contribution in [0.2, 0.25) is 0 Å². The van der Waals surface area contributed by atoms with Crippen molar-refractivity contribution < 1.29 is 18.8 Å². The van der Waals surface area contributed by atoms with Crippen LogP contribution in [0.3, 0.4) is 0 Å². The zero-order chi connectivity index (χ0) is 12.6. The molecule has 0 atom stereocenters. The molecule has 0 aromatic heterocycles. The molecule has 0 bridgehead atoms. The third-order valence-electron chi connectivity index (χ3n) is 3.22. The Balaban J connectivity index is 1.49. The number of halogens is 1. The summed E-state index contributed by atoms with van der Waals surface area (Å²) < 4.78 is 23.6. The first kappa shape index (κ1) is 13.3. The molecule has 0 radical (unpaired) electrons. The molecule has 0 aliphatic carbocycles. The van der Waals surface area contributed by atoms with Gasteiger partial charge in [0.25, 0.3) is 0 Å². The highest BCUT2D eigenvalue weighted by Gasteiger charge is 2.13. The smallest absolute Gasteiger partial charge is 0.123 e. The minimum absolute atomic E-state index is 0.243. The number of ether oxygens (including phenoxy) is 2. The number of hydrogen-bond acceptors (Lipinski definition) is 2. The van der Waals surface area contributed by atoms with Crippen molar-refractivity contribution in [2.75, 3.05) is 39.5 Å². The Morgan fingerprint density at radius 3 is 2.44 bits per heavy atom. The number of likely N-dealkylation sites (tertiary alicyclic amines) is 1. The van der Waals surface area contributed by atoms with Crippen molar-refractivity contribution >= 4 is 0 Å². The molecule has 1 aromatic rings. The van der Waals surface area contributed by atoms with Crippen LogP contribution in [0.4, 0.5) is 4.39 Å². The lowest BCUT2D eigenvalue weighted by atomic mass is 10.3. The fourth-order valence-corrected chi connectivity index (χ4v) is 2.19. The molecular weight excluding hydrogens is 233 g/mol. The van der Waals surface area contributed by atoms with Gasteiger partial charge in [0.15, 0.2) is 0 Å². The van der Waals surface area contributed by atoms with Gasteiger partial charge in [0.05, 0.1) is 26.3 Å². The normalized spacial score (nSPS) is 16.1. The predicted octanol–water partition coefficient (Wildman–Crippen LogP) is 0.900. The van der Waals surface area contributed by atoms with Gasteiger partial charge in [-0.25, -0.2) is 4.39 Å². The van der Waals surface area contributed by atoms with Gasteiger partial charge in [-0.15, -0.1) is 0 Å². The minimum atomic E-state index is -0.243. The average Bonchev–Trinajstić information content (AvgIpc) is 2.89. The second-order valence-electron chi connectivity index (χ2n) is 4.62. The molecule has 0 saturated carbocycles. The third kappa shape index (κ3) is 4.63. The fourth-order valence-electron chi connectivity index (χ4n) is 2.19. The molecule has 2 rings (SSSR count). The molecule has 0 amide bonds. The molecular formula is C14H21FNO2+. The lowest BCUT2D eigenvalue weighted by molar-refractivity contribution is -0.887. The molecule has 100 valence electrons. The van der Waals surface area contributed by atoms with E-state index in [1.807, 2.05) is 0 Å². The quantitative estimate of drug-likeness (QED) is 0.731. The van der Waals surface area contributed by atoms with Crippen molar-refractivity contribution in [3.8, 4) is 5.75 Å². The van der Waals surface area contributed by atoms with Crippen molar-refractivity contribution in [1.82, 2.24) is 0 Å². The van der Waals surface area contributed by atoms with Gasteiger partial charge in [0.2, 0.25) is 0 Å². The summed E-state index contributed by atoms with van der Waals surface area (Å²) in [6.45, 7) is 5.56. The molecule has 1 aromatic carbocycles. The Kier molecular flexibility index (Phi) is 5.42. The van der Waals surface area contributed by atoms with E-state index in [-0.39, 0.29) is 5.82 Å². The zero-order valence-corrected chi connectivity index (χ0v) is 10.7. The molecule has 1 N–H and O–H groups in total. The minimum Gasteiger partial charge on any atom is -0.491 e. The highest BCUT2D eigenvalue weighted by molar-refractivity contribution is 5.21. The van der Waals surface area contributed by atoms with E-state index in [2.05, 4.69) is 0 Å². The maximum atomic E-state index is 12.6. The van der Waals surface area contributed by atoms with Gasteiger partial charge >= 0.3 is 0 Å². The van der Waals surface area contributed by atoms with E-state index in [0.29, 0.717) is 19.0 Å². The van der Waals surface area contributed by atoms with Crippen LogP contribution in [0.25, 0.3) is 0 Å². The highest BCUT2D eigenvalue weighted by atomic mass is 19.1. The summed E-state index contributed by atoms with van der Waals surface area (Å²) in [4.78, 5) is 1.65. The summed E-state index contributed by atoms with van der Waals surface area (Å²) in [7, 11) is 0. The van der Waals surface area contributed by atoms with Gasteiger partial charge in [-0.3, -0.25) is 0 Å². The fraction of sp³-hybridized carbons (Fsp3) is 0.571. The Hall–Kier alpha value is -1.13. The summed E-state index contributed by atoms with van der Waals surface area (Å²) in [5, 5.41) is 0. The van der Waals surface area contributed by atoms with Crippen LogP contribution in [-0.2, 0) is 4.74 Å². The topological polar surface area (TPSA) is 22.9 Å². The molecule has 1 heterocycles. The number of quaternary nitrogens is 1. The van der Waals surface area contributed by atoms with Gasteiger partial charge in [-0.2, -0.15) is 0 Å². The number of rotatable bonds is 7. The average molecular weight is 254 g/mol. The standard InChI is InChI=1S/C14H20FNO2/c15-13-3-5-14(6-4-13)18-12-11-17-10-9-16-7-1-2-8-16/h3-6H,1-2,7-12H2/p+1. The first-order chi connectivity index (χ1) is 8.84. The summed E-state index contributed by atoms with van der Waals surface area (Å²) in [6.07, 6.45) is 2.70. The van der Waals surface area contributed by atoms with Crippen molar-refractivity contribution in [3.63, 3.8) is 0 Å². The third-order valence-corrected chi connectivity index (χ3v) is 3.22. The molecule has 0 spiro atoms. The van der Waals surface area contributed by atoms with Gasteiger partial charge in [-0.1, -0.05) is 0 Å². The van der Waals surface area contributed by atoms with Gasteiger partial charge in [0, 0.05) is 12.8 Å². The largest absolute Gasteiger partial charge is 0.491 e. The lowest BCUT2D eigenvalue weighted by Crippen LogP contribution is -3.10. The van der Waals surface area contributed by atoms with Crippen LogP contribution >= 0.6 is 0 Å². The maximum Gasteiger partial charge on any atom is 0.123 e. The summed E-state index contributed by atoms with van der Waals surface area (Å²) in [5.41, 5.74) is 0. The Morgan fingerprint density at radius 2 is 1.72 bits per heavy atom. The highest BCUT2D eigenvalue weighted by Crippen LogP contribution is 2.10. The summed E-state index contributed by atoms with van der Waals surface area (Å²) in [6, 6.07) is 6.05. The van der Waals surface area contributed by atoms with Crippen molar-refractivity contribution in [2.24, 2.45) is 0 Å².